The van der Waals surface area contributed by atoms with E-state index in [1.807, 2.05) is 31.3 Å². The lowest BCUT2D eigenvalue weighted by molar-refractivity contribution is 0.0587. The van der Waals surface area contributed by atoms with Gasteiger partial charge in [-0.15, -0.1) is 0 Å². The monoisotopic (exact) mass is 248 g/mol. The predicted molar refractivity (Wildman–Crippen MR) is 70.3 cm³/mol. The van der Waals surface area contributed by atoms with E-state index in [0.29, 0.717) is 18.7 Å². The van der Waals surface area contributed by atoms with Crippen molar-refractivity contribution in [1.29, 1.82) is 0 Å². The first-order valence-electron chi connectivity index (χ1n) is 6.37. The third-order valence-electron chi connectivity index (χ3n) is 3.28. The van der Waals surface area contributed by atoms with Gasteiger partial charge in [0, 0.05) is 32.3 Å². The Bertz CT molecular complexity index is 397. The zero-order chi connectivity index (χ0) is 13.0. The van der Waals surface area contributed by atoms with Gasteiger partial charge in [-0.25, -0.2) is 0 Å². The molecule has 0 spiro atoms. The molecule has 1 aromatic carbocycles. The van der Waals surface area contributed by atoms with E-state index in [0.717, 1.165) is 25.0 Å². The Morgan fingerprint density at radius 2 is 2.17 bits per heavy atom. The number of benzene rings is 1. The second kappa shape index (κ2) is 5.98. The van der Waals surface area contributed by atoms with Crippen LogP contribution in [0.5, 0.6) is 0 Å². The van der Waals surface area contributed by atoms with E-state index in [1.54, 1.807) is 4.90 Å². The van der Waals surface area contributed by atoms with Gasteiger partial charge in [0.15, 0.2) is 0 Å². The summed E-state index contributed by atoms with van der Waals surface area (Å²) in [6, 6.07) is 7.45. The van der Waals surface area contributed by atoms with E-state index in [2.05, 4.69) is 0 Å². The molecule has 98 valence electrons. The van der Waals surface area contributed by atoms with Crippen LogP contribution in [-0.4, -0.2) is 37.1 Å². The first kappa shape index (κ1) is 13.1. The fourth-order valence-electron chi connectivity index (χ4n) is 2.18. The molecule has 0 aromatic heterocycles. The summed E-state index contributed by atoms with van der Waals surface area (Å²) in [5.41, 5.74) is 7.27. The molecule has 1 heterocycles. The third kappa shape index (κ3) is 3.09. The maximum absolute atomic E-state index is 12.2. The van der Waals surface area contributed by atoms with Gasteiger partial charge in [0.1, 0.15) is 0 Å². The van der Waals surface area contributed by atoms with E-state index in [9.17, 15) is 4.79 Å². The van der Waals surface area contributed by atoms with Crippen molar-refractivity contribution in [2.24, 2.45) is 5.73 Å². The van der Waals surface area contributed by atoms with Gasteiger partial charge in [-0.05, 0) is 30.5 Å². The molecule has 1 fully saturated rings. The fourth-order valence-corrected chi connectivity index (χ4v) is 2.18. The van der Waals surface area contributed by atoms with Gasteiger partial charge in [0.25, 0.3) is 5.91 Å². The van der Waals surface area contributed by atoms with Crippen molar-refractivity contribution in [3.63, 3.8) is 0 Å². The Morgan fingerprint density at radius 3 is 2.72 bits per heavy atom. The molecule has 4 heteroatoms. The van der Waals surface area contributed by atoms with Crippen LogP contribution in [0.2, 0.25) is 0 Å². The van der Waals surface area contributed by atoms with Crippen LogP contribution in [-0.2, 0) is 11.3 Å². The molecule has 2 rings (SSSR count). The molecule has 0 bridgehead atoms. The molecule has 1 aliphatic heterocycles. The van der Waals surface area contributed by atoms with E-state index in [1.165, 1.54) is 0 Å². The number of ether oxygens (including phenoxy) is 1. The van der Waals surface area contributed by atoms with Gasteiger partial charge in [-0.3, -0.25) is 4.79 Å². The van der Waals surface area contributed by atoms with Crippen LogP contribution in [0.3, 0.4) is 0 Å². The molecule has 1 unspecified atom stereocenters. The number of rotatable bonds is 4. The maximum atomic E-state index is 12.2. The fraction of sp³-hybridized carbons (Fsp3) is 0.500. The van der Waals surface area contributed by atoms with E-state index in [-0.39, 0.29) is 12.0 Å². The smallest absolute Gasteiger partial charge is 0.253 e. The number of nitrogens with two attached hydrogens (primary N) is 1. The lowest BCUT2D eigenvalue weighted by Crippen LogP contribution is -2.34. The first-order valence-corrected chi connectivity index (χ1v) is 6.37. The molecule has 1 saturated heterocycles. The van der Waals surface area contributed by atoms with Gasteiger partial charge >= 0.3 is 0 Å². The van der Waals surface area contributed by atoms with Crippen LogP contribution in [0.4, 0.5) is 0 Å². The number of hydrogen-bond acceptors (Lipinski definition) is 3. The van der Waals surface area contributed by atoms with Gasteiger partial charge in [0.05, 0.1) is 6.10 Å². The summed E-state index contributed by atoms with van der Waals surface area (Å²) in [4.78, 5) is 13.9. The zero-order valence-electron chi connectivity index (χ0n) is 10.8. The highest BCUT2D eigenvalue weighted by molar-refractivity contribution is 5.94. The van der Waals surface area contributed by atoms with E-state index in [4.69, 9.17) is 10.5 Å². The number of amides is 1. The van der Waals surface area contributed by atoms with E-state index < -0.39 is 0 Å². The molecule has 18 heavy (non-hydrogen) atoms. The molecular formula is C14H20N2O2. The van der Waals surface area contributed by atoms with Crippen molar-refractivity contribution in [2.45, 2.75) is 25.5 Å². The lowest BCUT2D eigenvalue weighted by Gasteiger charge is -2.20. The Morgan fingerprint density at radius 1 is 1.44 bits per heavy atom. The quantitative estimate of drug-likeness (QED) is 0.876. The van der Waals surface area contributed by atoms with Gasteiger partial charge in [0.2, 0.25) is 0 Å². The van der Waals surface area contributed by atoms with E-state index >= 15 is 0 Å². The number of nitrogens with zero attached hydrogens (tertiary/aromatic N) is 1. The van der Waals surface area contributed by atoms with Crippen LogP contribution < -0.4 is 5.73 Å². The standard InChI is InChI=1S/C14H20N2O2/c1-16(10-13-3-2-8-18-13)14(17)12-6-4-11(9-15)5-7-12/h4-7,13H,2-3,8-10,15H2,1H3. The van der Waals surface area contributed by atoms with Crippen LogP contribution in [0.15, 0.2) is 24.3 Å². The van der Waals surface area contributed by atoms with Gasteiger partial charge in [-0.2, -0.15) is 0 Å². The zero-order valence-corrected chi connectivity index (χ0v) is 10.8. The van der Waals surface area contributed by atoms with Crippen molar-refractivity contribution in [1.82, 2.24) is 4.90 Å². The molecule has 0 saturated carbocycles. The second-order valence-electron chi connectivity index (χ2n) is 4.72. The minimum absolute atomic E-state index is 0.0362. The second-order valence-corrected chi connectivity index (χ2v) is 4.72. The third-order valence-corrected chi connectivity index (χ3v) is 3.28. The topological polar surface area (TPSA) is 55.6 Å². The molecule has 0 aliphatic carbocycles. The summed E-state index contributed by atoms with van der Waals surface area (Å²) >= 11 is 0. The molecular weight excluding hydrogens is 228 g/mol. The largest absolute Gasteiger partial charge is 0.376 e. The normalized spacial score (nSPS) is 18.9. The average molecular weight is 248 g/mol. The molecule has 1 aromatic rings. The van der Waals surface area contributed by atoms with Crippen molar-refractivity contribution < 1.29 is 9.53 Å². The minimum Gasteiger partial charge on any atom is -0.376 e. The molecule has 0 radical (unpaired) electrons. The highest BCUT2D eigenvalue weighted by Gasteiger charge is 2.20. The molecule has 1 atom stereocenters. The predicted octanol–water partition coefficient (Wildman–Crippen LogP) is 1.40. The van der Waals surface area contributed by atoms with Crippen molar-refractivity contribution in [2.75, 3.05) is 20.2 Å². The minimum atomic E-state index is 0.0362. The molecule has 2 N–H and O–H groups in total. The summed E-state index contributed by atoms with van der Waals surface area (Å²) in [7, 11) is 1.82. The van der Waals surface area contributed by atoms with Crippen molar-refractivity contribution in [3.8, 4) is 0 Å². The Balaban J connectivity index is 1.95. The van der Waals surface area contributed by atoms with Gasteiger partial charge in [-0.1, -0.05) is 12.1 Å². The molecule has 1 amide bonds. The Kier molecular flexibility index (Phi) is 4.33. The Hall–Kier alpha value is -1.39. The highest BCUT2D eigenvalue weighted by atomic mass is 16.5. The maximum Gasteiger partial charge on any atom is 0.253 e. The van der Waals surface area contributed by atoms with Crippen LogP contribution in [0, 0.1) is 0 Å². The SMILES string of the molecule is CN(CC1CCCO1)C(=O)c1ccc(CN)cc1. The first-order chi connectivity index (χ1) is 8.70. The Labute approximate surface area is 108 Å². The van der Waals surface area contributed by atoms with Crippen LogP contribution in [0.25, 0.3) is 0 Å². The molecule has 4 nitrogen and oxygen atoms in total. The number of hydrogen-bond donors (Lipinski definition) is 1. The summed E-state index contributed by atoms with van der Waals surface area (Å²) in [5, 5.41) is 0. The molecule has 1 aliphatic rings. The average Bonchev–Trinajstić information content (AvgIpc) is 2.91. The van der Waals surface area contributed by atoms with Crippen LogP contribution in [0.1, 0.15) is 28.8 Å². The van der Waals surface area contributed by atoms with Crippen molar-refractivity contribution >= 4 is 5.91 Å². The summed E-state index contributed by atoms with van der Waals surface area (Å²) in [6.07, 6.45) is 2.34. The number of carbonyl (C=O) groups excluding carboxylic acids is 1. The lowest BCUT2D eigenvalue weighted by atomic mass is 10.1. The summed E-state index contributed by atoms with van der Waals surface area (Å²) in [6.45, 7) is 1.98. The summed E-state index contributed by atoms with van der Waals surface area (Å²) in [5.74, 6) is 0.0362. The summed E-state index contributed by atoms with van der Waals surface area (Å²) < 4.78 is 5.54. The highest BCUT2D eigenvalue weighted by Crippen LogP contribution is 2.14. The number of likely N-dealkylation sites (N-methyl/N-ethyl adjacent to an activating group) is 1. The van der Waals surface area contributed by atoms with Crippen LogP contribution >= 0.6 is 0 Å². The number of carbonyl (C=O) groups is 1. The van der Waals surface area contributed by atoms with Crippen molar-refractivity contribution in [3.05, 3.63) is 35.4 Å². The van der Waals surface area contributed by atoms with Gasteiger partial charge < -0.3 is 15.4 Å².